The molecule has 0 aromatic rings. The maximum Gasteiger partial charge on any atom is 0.337 e. The lowest BCUT2D eigenvalue weighted by atomic mass is 10.1. The van der Waals surface area contributed by atoms with Crippen molar-refractivity contribution in [1.82, 2.24) is 4.90 Å². The molecule has 0 bridgehead atoms. The van der Waals surface area contributed by atoms with Gasteiger partial charge in [-0.1, -0.05) is 0 Å². The molecule has 1 rings (SSSR count). The minimum atomic E-state index is -0.439. The number of rotatable bonds is 2. The van der Waals surface area contributed by atoms with Crippen molar-refractivity contribution in [1.29, 1.82) is 0 Å². The van der Waals surface area contributed by atoms with E-state index in [4.69, 9.17) is 0 Å². The fraction of sp³-hybridized carbons (Fsp3) is 0.222. The number of hydrogen-bond acceptors (Lipinski definition) is 5. The number of allylic oxidation sites excluding steroid dienone is 1. The third-order valence-corrected chi connectivity index (χ3v) is 1.79. The van der Waals surface area contributed by atoms with E-state index in [0.717, 1.165) is 6.20 Å². The van der Waals surface area contributed by atoms with Gasteiger partial charge in [0, 0.05) is 13.2 Å². The molecule has 1 aliphatic rings. The summed E-state index contributed by atoms with van der Waals surface area (Å²) in [5, 5.41) is 2.65. The van der Waals surface area contributed by atoms with Crippen LogP contribution in [-0.2, 0) is 9.53 Å². The summed E-state index contributed by atoms with van der Waals surface area (Å²) in [7, 11) is 3.05. The normalized spacial score (nSPS) is 18.0. The summed E-state index contributed by atoms with van der Waals surface area (Å²) in [5.74, 6) is -0.439. The molecule has 0 N–H and O–H groups in total. The van der Waals surface area contributed by atoms with Crippen molar-refractivity contribution in [2.24, 2.45) is 5.18 Å². The number of nitrogens with zero attached hydrogens (tertiary/aromatic N) is 2. The monoisotopic (exact) mass is 194 g/mol. The first-order valence-corrected chi connectivity index (χ1v) is 3.92. The Balaban J connectivity index is 2.96. The highest BCUT2D eigenvalue weighted by Crippen LogP contribution is 2.16. The highest BCUT2D eigenvalue weighted by Gasteiger charge is 2.12. The fourth-order valence-electron chi connectivity index (χ4n) is 1.01. The first-order chi connectivity index (χ1) is 6.69. The van der Waals surface area contributed by atoms with Crippen LogP contribution in [0.15, 0.2) is 41.0 Å². The van der Waals surface area contributed by atoms with Crippen LogP contribution in [0, 0.1) is 4.91 Å². The second-order valence-electron chi connectivity index (χ2n) is 2.68. The topological polar surface area (TPSA) is 59.0 Å². The molecule has 0 saturated carbocycles. The van der Waals surface area contributed by atoms with Gasteiger partial charge in [-0.2, -0.15) is 0 Å². The molecule has 0 atom stereocenters. The van der Waals surface area contributed by atoms with E-state index in [1.54, 1.807) is 24.2 Å². The summed E-state index contributed by atoms with van der Waals surface area (Å²) in [5.41, 5.74) is 0.934. The Morgan fingerprint density at radius 3 is 2.93 bits per heavy atom. The summed E-state index contributed by atoms with van der Waals surface area (Å²) in [6, 6.07) is 0. The predicted octanol–water partition coefficient (Wildman–Crippen LogP) is 1.15. The lowest BCUT2D eigenvalue weighted by molar-refractivity contribution is -0.135. The van der Waals surface area contributed by atoms with E-state index in [1.807, 2.05) is 0 Å². The van der Waals surface area contributed by atoms with Gasteiger partial charge in [0.25, 0.3) is 0 Å². The second kappa shape index (κ2) is 4.36. The van der Waals surface area contributed by atoms with Crippen LogP contribution in [0.25, 0.3) is 0 Å². The standard InChI is InChI=1S/C9H10N2O3/c1-11-4-3-7(9(12)14-2)5-8(11)6-10-13/h3-6H,1-2H3/b8-6+. The molecule has 5 nitrogen and oxygen atoms in total. The van der Waals surface area contributed by atoms with Crippen LogP contribution in [0.2, 0.25) is 0 Å². The third-order valence-electron chi connectivity index (χ3n) is 1.79. The summed E-state index contributed by atoms with van der Waals surface area (Å²) < 4.78 is 4.54. The summed E-state index contributed by atoms with van der Waals surface area (Å²) in [6.07, 6.45) is 5.93. The summed E-state index contributed by atoms with van der Waals surface area (Å²) >= 11 is 0. The Hall–Kier alpha value is -1.91. The van der Waals surface area contributed by atoms with Gasteiger partial charge in [0.1, 0.15) is 0 Å². The number of esters is 1. The van der Waals surface area contributed by atoms with Crippen molar-refractivity contribution in [2.45, 2.75) is 0 Å². The maximum absolute atomic E-state index is 11.1. The zero-order chi connectivity index (χ0) is 10.6. The zero-order valence-electron chi connectivity index (χ0n) is 7.93. The molecular formula is C9H10N2O3. The van der Waals surface area contributed by atoms with E-state index in [1.165, 1.54) is 13.2 Å². The number of methoxy groups -OCH3 is 1. The number of carbonyl (C=O) groups is 1. The van der Waals surface area contributed by atoms with E-state index >= 15 is 0 Å². The van der Waals surface area contributed by atoms with Crippen LogP contribution >= 0.6 is 0 Å². The molecule has 0 amide bonds. The SMILES string of the molecule is COC(=O)C1=C/C(=C\N=O)N(C)C=C1. The van der Waals surface area contributed by atoms with Gasteiger partial charge in [0.2, 0.25) is 0 Å². The van der Waals surface area contributed by atoms with Crippen molar-refractivity contribution < 1.29 is 9.53 Å². The Kier molecular flexibility index (Phi) is 3.17. The fourth-order valence-corrected chi connectivity index (χ4v) is 1.01. The lowest BCUT2D eigenvalue weighted by Gasteiger charge is -2.18. The van der Waals surface area contributed by atoms with Gasteiger partial charge in [-0.15, -0.1) is 4.91 Å². The van der Waals surface area contributed by atoms with E-state index < -0.39 is 5.97 Å². The van der Waals surface area contributed by atoms with Gasteiger partial charge in [0.15, 0.2) is 0 Å². The first kappa shape index (κ1) is 10.2. The predicted molar refractivity (Wildman–Crippen MR) is 50.9 cm³/mol. The molecule has 0 aromatic carbocycles. The molecular weight excluding hydrogens is 184 g/mol. The van der Waals surface area contributed by atoms with Gasteiger partial charge in [-0.05, 0) is 17.3 Å². The summed E-state index contributed by atoms with van der Waals surface area (Å²) in [6.45, 7) is 0. The van der Waals surface area contributed by atoms with Gasteiger partial charge in [0.05, 0.1) is 24.6 Å². The molecule has 74 valence electrons. The van der Waals surface area contributed by atoms with Crippen LogP contribution < -0.4 is 0 Å². The maximum atomic E-state index is 11.1. The molecule has 0 saturated heterocycles. The van der Waals surface area contributed by atoms with Gasteiger partial charge in [-0.3, -0.25) is 0 Å². The molecule has 14 heavy (non-hydrogen) atoms. The van der Waals surface area contributed by atoms with Crippen LogP contribution in [0.3, 0.4) is 0 Å². The van der Waals surface area contributed by atoms with Crippen molar-refractivity contribution in [2.75, 3.05) is 14.2 Å². The average Bonchev–Trinajstić information content (AvgIpc) is 2.20. The molecule has 0 radical (unpaired) electrons. The smallest absolute Gasteiger partial charge is 0.337 e. The van der Waals surface area contributed by atoms with Crippen LogP contribution in [-0.4, -0.2) is 25.0 Å². The zero-order valence-corrected chi connectivity index (χ0v) is 7.93. The van der Waals surface area contributed by atoms with E-state index in [9.17, 15) is 9.70 Å². The van der Waals surface area contributed by atoms with E-state index in [2.05, 4.69) is 9.91 Å². The van der Waals surface area contributed by atoms with Crippen molar-refractivity contribution in [3.63, 3.8) is 0 Å². The molecule has 1 heterocycles. The lowest BCUT2D eigenvalue weighted by Crippen LogP contribution is -2.15. The molecule has 0 spiro atoms. The average molecular weight is 194 g/mol. The Morgan fingerprint density at radius 1 is 1.64 bits per heavy atom. The number of ether oxygens (including phenoxy) is 1. The van der Waals surface area contributed by atoms with Gasteiger partial charge < -0.3 is 9.64 Å². The Morgan fingerprint density at radius 2 is 2.36 bits per heavy atom. The van der Waals surface area contributed by atoms with E-state index in [0.29, 0.717) is 11.3 Å². The number of likely N-dealkylation sites (N-methyl/N-ethyl adjacent to an activating group) is 1. The highest BCUT2D eigenvalue weighted by atomic mass is 16.5. The third kappa shape index (κ3) is 2.07. The highest BCUT2D eigenvalue weighted by molar-refractivity contribution is 5.92. The van der Waals surface area contributed by atoms with Crippen LogP contribution in [0.1, 0.15) is 0 Å². The largest absolute Gasteiger partial charge is 0.465 e. The minimum Gasteiger partial charge on any atom is -0.465 e. The molecule has 5 heteroatoms. The second-order valence-corrected chi connectivity index (χ2v) is 2.68. The molecule has 0 fully saturated rings. The first-order valence-electron chi connectivity index (χ1n) is 3.92. The number of nitroso groups, excluding NO2 is 1. The van der Waals surface area contributed by atoms with Gasteiger partial charge >= 0.3 is 5.97 Å². The molecule has 0 aromatic heterocycles. The van der Waals surface area contributed by atoms with Crippen LogP contribution in [0.4, 0.5) is 0 Å². The molecule has 1 aliphatic heterocycles. The van der Waals surface area contributed by atoms with Crippen LogP contribution in [0.5, 0.6) is 0 Å². The van der Waals surface area contributed by atoms with Crippen molar-refractivity contribution in [3.8, 4) is 0 Å². The minimum absolute atomic E-state index is 0.389. The van der Waals surface area contributed by atoms with Crippen molar-refractivity contribution in [3.05, 3.63) is 40.7 Å². The summed E-state index contributed by atoms with van der Waals surface area (Å²) in [4.78, 5) is 22.8. The quantitative estimate of drug-likeness (QED) is 0.488. The van der Waals surface area contributed by atoms with Crippen molar-refractivity contribution >= 4 is 5.97 Å². The number of carbonyl (C=O) groups excluding carboxylic acids is 1. The molecule has 0 aliphatic carbocycles. The Labute approximate surface area is 81.3 Å². The molecule has 0 unspecified atom stereocenters. The van der Waals surface area contributed by atoms with Gasteiger partial charge in [-0.25, -0.2) is 4.79 Å². The Bertz CT molecular complexity index is 342. The van der Waals surface area contributed by atoms with E-state index in [-0.39, 0.29) is 0 Å². The number of hydrogen-bond donors (Lipinski definition) is 0.